The minimum atomic E-state index is -0.876. The molecule has 3 rings (SSSR count). The van der Waals surface area contributed by atoms with E-state index in [0.717, 1.165) is 41.0 Å². The van der Waals surface area contributed by atoms with Gasteiger partial charge in [-0.05, 0) is 57.0 Å². The Morgan fingerprint density at radius 1 is 1.24 bits per heavy atom. The maximum atomic E-state index is 13.2. The topological polar surface area (TPSA) is 73.0 Å². The molecule has 1 aliphatic heterocycles. The summed E-state index contributed by atoms with van der Waals surface area (Å²) >= 11 is 3.46. The number of anilines is 1. The van der Waals surface area contributed by atoms with E-state index in [2.05, 4.69) is 40.0 Å². The summed E-state index contributed by atoms with van der Waals surface area (Å²) in [6.45, 7) is 8.67. The van der Waals surface area contributed by atoms with Crippen LogP contribution in [0, 0.1) is 5.92 Å². The molecule has 0 aromatic heterocycles. The number of likely N-dealkylation sites (N-methyl/N-ethyl adjacent to an activating group) is 1. The van der Waals surface area contributed by atoms with Crippen LogP contribution < -0.4 is 10.2 Å². The molecular formula is C21H29BrN4O3. The van der Waals surface area contributed by atoms with Crippen LogP contribution in [0.3, 0.4) is 0 Å². The molecule has 1 N–H and O–H groups in total. The standard InChI is InChI=1S/C21H29BrN4O3/c1-4-24(5-2)11-12-25(17-8-6-7-16(22)13-17)18(27)14-26-19(28)21(3,15-9-10-15)23-20(26)29/h6-8,13,15H,4-5,9-12,14H2,1-3H3,(H,23,29). The number of hydrogen-bond donors (Lipinski definition) is 1. The molecule has 1 heterocycles. The summed E-state index contributed by atoms with van der Waals surface area (Å²) in [4.78, 5) is 43.5. The fraction of sp³-hybridized carbons (Fsp3) is 0.571. The highest BCUT2D eigenvalue weighted by Crippen LogP contribution is 2.42. The van der Waals surface area contributed by atoms with E-state index in [1.165, 1.54) is 0 Å². The van der Waals surface area contributed by atoms with Crippen molar-refractivity contribution in [2.45, 2.75) is 39.2 Å². The molecule has 2 fully saturated rings. The van der Waals surface area contributed by atoms with Gasteiger partial charge in [-0.25, -0.2) is 4.79 Å². The molecule has 2 aliphatic rings. The zero-order valence-corrected chi connectivity index (χ0v) is 18.9. The van der Waals surface area contributed by atoms with Crippen LogP contribution in [0.4, 0.5) is 10.5 Å². The zero-order valence-electron chi connectivity index (χ0n) is 17.3. The molecule has 0 bridgehead atoms. The van der Waals surface area contributed by atoms with Gasteiger partial charge in [0.05, 0.1) is 0 Å². The molecule has 1 aliphatic carbocycles. The molecule has 1 saturated heterocycles. The second-order valence-electron chi connectivity index (χ2n) is 7.85. The van der Waals surface area contributed by atoms with Crippen LogP contribution in [0.15, 0.2) is 28.7 Å². The average Bonchev–Trinajstić information content (AvgIpc) is 3.51. The van der Waals surface area contributed by atoms with Crippen LogP contribution in [0.25, 0.3) is 0 Å². The van der Waals surface area contributed by atoms with Crippen molar-refractivity contribution in [2.75, 3.05) is 37.6 Å². The summed E-state index contributed by atoms with van der Waals surface area (Å²) in [6.07, 6.45) is 1.86. The van der Waals surface area contributed by atoms with Gasteiger partial charge in [0.1, 0.15) is 12.1 Å². The number of urea groups is 1. The van der Waals surface area contributed by atoms with Gasteiger partial charge in [-0.15, -0.1) is 0 Å². The number of amides is 4. The summed E-state index contributed by atoms with van der Waals surface area (Å²) in [5.74, 6) is -0.391. The van der Waals surface area contributed by atoms with Crippen LogP contribution >= 0.6 is 15.9 Å². The SMILES string of the molecule is CCN(CC)CCN(C(=O)CN1C(=O)NC(C)(C2CC2)C1=O)c1cccc(Br)c1. The molecule has 1 aromatic rings. The smallest absolute Gasteiger partial charge is 0.323 e. The highest BCUT2D eigenvalue weighted by molar-refractivity contribution is 9.10. The van der Waals surface area contributed by atoms with E-state index < -0.39 is 11.6 Å². The highest BCUT2D eigenvalue weighted by Gasteiger charge is 2.56. The number of imide groups is 1. The Labute approximate surface area is 180 Å². The third-order valence-corrected chi connectivity index (χ3v) is 6.44. The third kappa shape index (κ3) is 4.64. The number of nitrogens with zero attached hydrogens (tertiary/aromatic N) is 3. The number of hydrogen-bond acceptors (Lipinski definition) is 4. The molecule has 29 heavy (non-hydrogen) atoms. The number of nitrogens with one attached hydrogen (secondary N) is 1. The molecule has 1 atom stereocenters. The van der Waals surface area contributed by atoms with Gasteiger partial charge < -0.3 is 15.1 Å². The number of rotatable bonds is 9. The van der Waals surface area contributed by atoms with Crippen molar-refractivity contribution < 1.29 is 14.4 Å². The Bertz CT molecular complexity index is 794. The van der Waals surface area contributed by atoms with E-state index in [1.807, 2.05) is 24.3 Å². The number of benzene rings is 1. The predicted molar refractivity (Wildman–Crippen MR) is 116 cm³/mol. The lowest BCUT2D eigenvalue weighted by atomic mass is 9.96. The van der Waals surface area contributed by atoms with E-state index in [9.17, 15) is 14.4 Å². The van der Waals surface area contributed by atoms with Crippen LogP contribution in [0.2, 0.25) is 0 Å². The first-order valence-electron chi connectivity index (χ1n) is 10.2. The predicted octanol–water partition coefficient (Wildman–Crippen LogP) is 2.84. The number of halogens is 1. The fourth-order valence-electron chi connectivity index (χ4n) is 3.84. The lowest BCUT2D eigenvalue weighted by molar-refractivity contribution is -0.134. The fourth-order valence-corrected chi connectivity index (χ4v) is 4.23. The van der Waals surface area contributed by atoms with Crippen LogP contribution in [-0.2, 0) is 9.59 Å². The van der Waals surface area contributed by atoms with Crippen molar-refractivity contribution >= 4 is 39.5 Å². The van der Waals surface area contributed by atoms with Crippen molar-refractivity contribution in [3.63, 3.8) is 0 Å². The minimum Gasteiger partial charge on any atom is -0.323 e. The van der Waals surface area contributed by atoms with Crippen LogP contribution in [0.1, 0.15) is 33.6 Å². The Hall–Kier alpha value is -1.93. The first-order valence-corrected chi connectivity index (χ1v) is 11.0. The summed E-state index contributed by atoms with van der Waals surface area (Å²) in [7, 11) is 0. The van der Waals surface area contributed by atoms with Gasteiger partial charge in [0.15, 0.2) is 0 Å². The zero-order chi connectivity index (χ0) is 21.2. The van der Waals surface area contributed by atoms with Crippen molar-refractivity contribution in [1.82, 2.24) is 15.1 Å². The molecule has 1 unspecified atom stereocenters. The van der Waals surface area contributed by atoms with Crippen molar-refractivity contribution in [1.29, 1.82) is 0 Å². The van der Waals surface area contributed by atoms with E-state index >= 15 is 0 Å². The van der Waals surface area contributed by atoms with Gasteiger partial charge in [0.2, 0.25) is 5.91 Å². The molecule has 158 valence electrons. The number of carbonyl (C=O) groups is 3. The summed E-state index contributed by atoms with van der Waals surface area (Å²) in [6, 6.07) is 7.03. The quantitative estimate of drug-likeness (QED) is 0.570. The first kappa shape index (κ1) is 21.8. The normalized spacial score (nSPS) is 21.6. The Morgan fingerprint density at radius 3 is 2.52 bits per heavy atom. The largest absolute Gasteiger partial charge is 0.325 e. The van der Waals surface area contributed by atoms with Crippen LogP contribution in [0.5, 0.6) is 0 Å². The molecule has 7 nitrogen and oxygen atoms in total. The Morgan fingerprint density at radius 2 is 1.93 bits per heavy atom. The van der Waals surface area contributed by atoms with E-state index in [4.69, 9.17) is 0 Å². The Kier molecular flexibility index (Phi) is 6.63. The molecule has 8 heteroatoms. The summed E-state index contributed by atoms with van der Waals surface area (Å²) < 4.78 is 0.868. The van der Waals surface area contributed by atoms with Gasteiger partial charge in [0, 0.05) is 23.2 Å². The third-order valence-electron chi connectivity index (χ3n) is 5.94. The second-order valence-corrected chi connectivity index (χ2v) is 8.77. The second kappa shape index (κ2) is 8.83. The molecule has 0 spiro atoms. The monoisotopic (exact) mass is 464 g/mol. The van der Waals surface area contributed by atoms with Crippen molar-refractivity contribution in [3.8, 4) is 0 Å². The van der Waals surface area contributed by atoms with Gasteiger partial charge in [-0.1, -0.05) is 35.8 Å². The van der Waals surface area contributed by atoms with E-state index in [1.54, 1.807) is 11.8 Å². The summed E-state index contributed by atoms with van der Waals surface area (Å²) in [5.41, 5.74) is -0.132. The lowest BCUT2D eigenvalue weighted by Crippen LogP contribution is -2.48. The maximum Gasteiger partial charge on any atom is 0.325 e. The molecule has 1 saturated carbocycles. The maximum absolute atomic E-state index is 13.2. The highest BCUT2D eigenvalue weighted by atomic mass is 79.9. The number of carbonyl (C=O) groups excluding carboxylic acids is 3. The van der Waals surface area contributed by atoms with E-state index in [0.29, 0.717) is 13.1 Å². The lowest BCUT2D eigenvalue weighted by Gasteiger charge is -2.28. The molecule has 4 amide bonds. The Balaban J connectivity index is 1.77. The molecular weight excluding hydrogens is 436 g/mol. The van der Waals surface area contributed by atoms with Gasteiger partial charge >= 0.3 is 6.03 Å². The van der Waals surface area contributed by atoms with Crippen LogP contribution in [-0.4, -0.2) is 65.9 Å². The van der Waals surface area contributed by atoms with Gasteiger partial charge in [-0.2, -0.15) is 0 Å². The molecule has 0 radical (unpaired) electrons. The van der Waals surface area contributed by atoms with Gasteiger partial charge in [0.25, 0.3) is 5.91 Å². The average molecular weight is 465 g/mol. The van der Waals surface area contributed by atoms with Crippen molar-refractivity contribution in [2.24, 2.45) is 5.92 Å². The van der Waals surface area contributed by atoms with E-state index in [-0.39, 0.29) is 24.3 Å². The van der Waals surface area contributed by atoms with Crippen molar-refractivity contribution in [3.05, 3.63) is 28.7 Å². The summed E-state index contributed by atoms with van der Waals surface area (Å²) in [5, 5.41) is 2.80. The van der Waals surface area contributed by atoms with Gasteiger partial charge in [-0.3, -0.25) is 14.5 Å². The first-order chi connectivity index (χ1) is 13.8. The molecule has 1 aromatic carbocycles. The minimum absolute atomic E-state index is 0.169.